The van der Waals surface area contributed by atoms with E-state index in [2.05, 4.69) is 46.7 Å². The average molecular weight is 299 g/mol. The van der Waals surface area contributed by atoms with Crippen molar-refractivity contribution in [3.63, 3.8) is 0 Å². The van der Waals surface area contributed by atoms with Crippen molar-refractivity contribution >= 4 is 22.5 Å². The summed E-state index contributed by atoms with van der Waals surface area (Å²) in [5.74, 6) is 0.351. The van der Waals surface area contributed by atoms with Crippen LogP contribution in [0.2, 0.25) is 5.02 Å². The maximum Gasteiger partial charge on any atom is 0.0456 e. The molecule has 1 unspecified atom stereocenters. The molecule has 0 aliphatic heterocycles. The lowest BCUT2D eigenvalue weighted by Gasteiger charge is -2.18. The fourth-order valence-electron chi connectivity index (χ4n) is 2.82. The second-order valence-electron chi connectivity index (χ2n) is 5.32. The molecule has 0 aliphatic carbocycles. The number of fused-ring (bicyclic) bond motifs is 1. The average Bonchev–Trinajstić information content (AvgIpc) is 2.95. The van der Waals surface area contributed by atoms with Crippen molar-refractivity contribution in [1.29, 1.82) is 0 Å². The van der Waals surface area contributed by atoms with Gasteiger partial charge >= 0.3 is 0 Å². The highest BCUT2D eigenvalue weighted by Gasteiger charge is 2.15. The summed E-state index contributed by atoms with van der Waals surface area (Å²) in [5, 5.41) is 5.29. The first-order chi connectivity index (χ1) is 10.3. The van der Waals surface area contributed by atoms with Gasteiger partial charge in [0.25, 0.3) is 0 Å². The van der Waals surface area contributed by atoms with Gasteiger partial charge < -0.3 is 10.3 Å². The predicted molar refractivity (Wildman–Crippen MR) is 90.1 cm³/mol. The van der Waals surface area contributed by atoms with Crippen molar-refractivity contribution in [2.75, 3.05) is 13.6 Å². The first-order valence-electron chi connectivity index (χ1n) is 7.25. The molecule has 1 heterocycles. The molecule has 1 atom stereocenters. The van der Waals surface area contributed by atoms with Crippen LogP contribution in [0.25, 0.3) is 10.9 Å². The molecule has 2 nitrogen and oxygen atoms in total. The number of aromatic amines is 1. The molecule has 3 rings (SSSR count). The third kappa shape index (κ3) is 3.12. The highest BCUT2D eigenvalue weighted by Crippen LogP contribution is 2.31. The van der Waals surface area contributed by atoms with Crippen molar-refractivity contribution in [2.45, 2.75) is 12.3 Å². The van der Waals surface area contributed by atoms with Gasteiger partial charge in [0.2, 0.25) is 0 Å². The molecular formula is C18H19ClN2. The summed E-state index contributed by atoms with van der Waals surface area (Å²) >= 11 is 6.17. The van der Waals surface area contributed by atoms with Gasteiger partial charge in [-0.25, -0.2) is 0 Å². The molecule has 3 aromatic rings. The van der Waals surface area contributed by atoms with E-state index in [9.17, 15) is 0 Å². The maximum atomic E-state index is 6.17. The van der Waals surface area contributed by atoms with E-state index in [0.29, 0.717) is 5.92 Å². The van der Waals surface area contributed by atoms with Crippen molar-refractivity contribution in [3.05, 3.63) is 70.9 Å². The van der Waals surface area contributed by atoms with Crippen molar-refractivity contribution in [1.82, 2.24) is 10.3 Å². The molecule has 0 amide bonds. The molecule has 108 valence electrons. The van der Waals surface area contributed by atoms with E-state index in [4.69, 9.17) is 11.6 Å². The predicted octanol–water partition coefficient (Wildman–Crippen LogP) is 4.56. The second-order valence-corrected chi connectivity index (χ2v) is 5.76. The Morgan fingerprint density at radius 2 is 1.95 bits per heavy atom. The fraction of sp³-hybridized carbons (Fsp3) is 0.222. The highest BCUT2D eigenvalue weighted by atomic mass is 35.5. The smallest absolute Gasteiger partial charge is 0.0456 e. The van der Waals surface area contributed by atoms with Crippen molar-refractivity contribution < 1.29 is 0 Å². The van der Waals surface area contributed by atoms with E-state index < -0.39 is 0 Å². The molecule has 21 heavy (non-hydrogen) atoms. The van der Waals surface area contributed by atoms with Crippen LogP contribution in [0.15, 0.2) is 54.7 Å². The Hall–Kier alpha value is -1.77. The summed E-state index contributed by atoms with van der Waals surface area (Å²) in [6.45, 7) is 0.972. The Bertz CT molecular complexity index is 733. The largest absolute Gasteiger partial charge is 0.361 e. The van der Waals surface area contributed by atoms with Gasteiger partial charge in [-0.1, -0.05) is 35.9 Å². The lowest BCUT2D eigenvalue weighted by molar-refractivity contribution is 0.662. The van der Waals surface area contributed by atoms with Gasteiger partial charge in [-0.15, -0.1) is 0 Å². The highest BCUT2D eigenvalue weighted by molar-refractivity contribution is 6.30. The summed E-state index contributed by atoms with van der Waals surface area (Å²) in [7, 11) is 1.99. The molecular weight excluding hydrogens is 280 g/mol. The van der Waals surface area contributed by atoms with Crippen LogP contribution in [0, 0.1) is 0 Å². The number of hydrogen-bond acceptors (Lipinski definition) is 1. The maximum absolute atomic E-state index is 6.17. The Labute approximate surface area is 130 Å². The van der Waals surface area contributed by atoms with Gasteiger partial charge in [-0.2, -0.15) is 0 Å². The van der Waals surface area contributed by atoms with E-state index in [-0.39, 0.29) is 0 Å². The molecule has 0 radical (unpaired) electrons. The van der Waals surface area contributed by atoms with Crippen LogP contribution in [-0.2, 0) is 0 Å². The zero-order valence-electron chi connectivity index (χ0n) is 12.1. The van der Waals surface area contributed by atoms with Crippen LogP contribution >= 0.6 is 11.6 Å². The normalized spacial score (nSPS) is 12.7. The SMILES string of the molecule is CNCCC(c1cccc(Cl)c1)c1ccc2cc[nH]c2c1. The van der Waals surface area contributed by atoms with Crippen LogP contribution in [0.4, 0.5) is 0 Å². The number of H-pyrrole nitrogens is 1. The second kappa shape index (κ2) is 6.33. The Morgan fingerprint density at radius 1 is 1.10 bits per heavy atom. The summed E-state index contributed by atoms with van der Waals surface area (Å²) in [4.78, 5) is 3.29. The van der Waals surface area contributed by atoms with Gasteiger partial charge in [0, 0.05) is 22.7 Å². The van der Waals surface area contributed by atoms with Gasteiger partial charge in [-0.05, 0) is 60.8 Å². The van der Waals surface area contributed by atoms with Gasteiger partial charge in [0.05, 0.1) is 0 Å². The Morgan fingerprint density at radius 3 is 2.76 bits per heavy atom. The Balaban J connectivity index is 2.01. The van der Waals surface area contributed by atoms with Crippen LogP contribution in [0.3, 0.4) is 0 Å². The molecule has 3 heteroatoms. The lowest BCUT2D eigenvalue weighted by atomic mass is 9.88. The molecule has 0 fully saturated rings. The summed E-state index contributed by atoms with van der Waals surface area (Å²) < 4.78 is 0. The van der Waals surface area contributed by atoms with Crippen LogP contribution in [-0.4, -0.2) is 18.6 Å². The van der Waals surface area contributed by atoms with E-state index in [1.807, 2.05) is 25.4 Å². The number of halogens is 1. The van der Waals surface area contributed by atoms with E-state index >= 15 is 0 Å². The van der Waals surface area contributed by atoms with Crippen LogP contribution < -0.4 is 5.32 Å². The minimum atomic E-state index is 0.351. The first-order valence-corrected chi connectivity index (χ1v) is 7.63. The zero-order chi connectivity index (χ0) is 14.7. The lowest BCUT2D eigenvalue weighted by Crippen LogP contribution is -2.13. The molecule has 2 N–H and O–H groups in total. The molecule has 0 spiro atoms. The van der Waals surface area contributed by atoms with Crippen LogP contribution in [0.1, 0.15) is 23.5 Å². The van der Waals surface area contributed by atoms with Gasteiger partial charge in [0.15, 0.2) is 0 Å². The fourth-order valence-corrected chi connectivity index (χ4v) is 3.02. The third-order valence-corrected chi connectivity index (χ3v) is 4.15. The topological polar surface area (TPSA) is 27.8 Å². The quantitative estimate of drug-likeness (QED) is 0.710. The molecule has 1 aromatic heterocycles. The number of rotatable bonds is 5. The summed E-state index contributed by atoms with van der Waals surface area (Å²) in [6, 6.07) is 16.9. The van der Waals surface area contributed by atoms with Crippen molar-refractivity contribution in [2.24, 2.45) is 0 Å². The number of hydrogen-bond donors (Lipinski definition) is 2. The van der Waals surface area contributed by atoms with Crippen molar-refractivity contribution in [3.8, 4) is 0 Å². The molecule has 0 aliphatic rings. The molecule has 0 saturated carbocycles. The van der Waals surface area contributed by atoms with E-state index in [1.165, 1.54) is 22.0 Å². The van der Waals surface area contributed by atoms with Gasteiger partial charge in [-0.3, -0.25) is 0 Å². The molecule has 0 bridgehead atoms. The summed E-state index contributed by atoms with van der Waals surface area (Å²) in [5.41, 5.74) is 3.77. The minimum Gasteiger partial charge on any atom is -0.361 e. The first kappa shape index (κ1) is 14.2. The number of aromatic nitrogens is 1. The van der Waals surface area contributed by atoms with Crippen LogP contribution in [0.5, 0.6) is 0 Å². The molecule has 2 aromatic carbocycles. The zero-order valence-corrected chi connectivity index (χ0v) is 12.8. The minimum absolute atomic E-state index is 0.351. The molecule has 0 saturated heterocycles. The van der Waals surface area contributed by atoms with E-state index in [0.717, 1.165) is 18.0 Å². The van der Waals surface area contributed by atoms with E-state index in [1.54, 1.807) is 0 Å². The summed E-state index contributed by atoms with van der Waals surface area (Å²) in [6.07, 6.45) is 3.03. The standard InChI is InChI=1S/C18H19ClN2/c1-20-9-8-17(14-3-2-4-16(19)11-14)15-6-5-13-7-10-21-18(13)12-15/h2-7,10-12,17,20-21H,8-9H2,1H3. The Kier molecular flexibility index (Phi) is 4.28. The monoisotopic (exact) mass is 298 g/mol. The van der Waals surface area contributed by atoms with Gasteiger partial charge in [0.1, 0.15) is 0 Å². The number of benzene rings is 2. The third-order valence-electron chi connectivity index (χ3n) is 3.92. The number of nitrogens with one attached hydrogen (secondary N) is 2.